The highest BCUT2D eigenvalue weighted by atomic mass is 35.5. The van der Waals surface area contributed by atoms with E-state index in [1.807, 2.05) is 36.2 Å². The number of carbonyl (C=O) groups excluding carboxylic acids is 1. The second-order valence-electron chi connectivity index (χ2n) is 9.15. The maximum Gasteiger partial charge on any atom is 0.219 e. The Balaban J connectivity index is 0.000000325. The number of rotatable bonds is 4. The van der Waals surface area contributed by atoms with Crippen LogP contribution in [-0.4, -0.2) is 62.1 Å². The molecule has 2 aliphatic rings. The van der Waals surface area contributed by atoms with E-state index in [1.165, 1.54) is 11.1 Å². The summed E-state index contributed by atoms with van der Waals surface area (Å²) >= 11 is 11.2. The number of piperazine rings is 1. The van der Waals surface area contributed by atoms with Crippen molar-refractivity contribution < 1.29 is 9.53 Å². The first-order chi connectivity index (χ1) is 17.4. The summed E-state index contributed by atoms with van der Waals surface area (Å²) < 4.78 is 5.54. The average molecular weight is 527 g/mol. The monoisotopic (exact) mass is 525 g/mol. The Hall–Kier alpha value is -2.73. The lowest BCUT2D eigenvalue weighted by molar-refractivity contribution is -0.131. The molecule has 1 fully saturated rings. The van der Waals surface area contributed by atoms with Crippen LogP contribution in [0.5, 0.6) is 5.75 Å². The van der Waals surface area contributed by atoms with Gasteiger partial charge in [-0.05, 0) is 41.8 Å². The Morgan fingerprint density at radius 2 is 1.47 bits per heavy atom. The van der Waals surface area contributed by atoms with Crippen LogP contribution in [0.3, 0.4) is 0 Å². The lowest BCUT2D eigenvalue weighted by Crippen LogP contribution is -2.53. The highest BCUT2D eigenvalue weighted by Crippen LogP contribution is 2.39. The molecule has 2 unspecified atom stereocenters. The number of para-hydroxylation sites is 2. The van der Waals surface area contributed by atoms with Crippen LogP contribution < -0.4 is 9.64 Å². The quantitative estimate of drug-likeness (QED) is 0.421. The maximum atomic E-state index is 12.2. The zero-order valence-corrected chi connectivity index (χ0v) is 22.5. The van der Waals surface area contributed by atoms with Gasteiger partial charge >= 0.3 is 0 Å². The first-order valence-electron chi connectivity index (χ1n) is 12.2. The number of hydrogen-bond acceptors (Lipinski definition) is 4. The Morgan fingerprint density at radius 3 is 2.08 bits per heavy atom. The molecule has 5 nitrogen and oxygen atoms in total. The van der Waals surface area contributed by atoms with Gasteiger partial charge in [0.15, 0.2) is 0 Å². The van der Waals surface area contributed by atoms with Crippen molar-refractivity contribution in [3.8, 4) is 5.75 Å². The standard InChI is InChI=1S/C23H29N3O2.C6H4Cl2/c1-17(27)24(2)23-19-9-5-4-8-18(19)16-21(23)26-14-12-25(13-15-26)20-10-6-7-11-22(20)28-3;7-5-3-1-2-4-6(5)8/h4-11,21,23H,12-16H2,1-3H3;1-4H. The fourth-order valence-corrected chi connectivity index (χ4v) is 5.44. The third-order valence-electron chi connectivity index (χ3n) is 7.11. The third-order valence-corrected chi connectivity index (χ3v) is 7.87. The van der Waals surface area contributed by atoms with Crippen molar-refractivity contribution >= 4 is 34.8 Å². The zero-order chi connectivity index (χ0) is 25.7. The van der Waals surface area contributed by atoms with E-state index in [0.29, 0.717) is 16.1 Å². The molecular formula is C29H33Cl2N3O2. The van der Waals surface area contributed by atoms with E-state index in [4.69, 9.17) is 27.9 Å². The van der Waals surface area contributed by atoms with Crippen LogP contribution in [0.15, 0.2) is 72.8 Å². The normalized spacial score (nSPS) is 19.2. The molecule has 3 aromatic rings. The largest absolute Gasteiger partial charge is 0.495 e. The van der Waals surface area contributed by atoms with Gasteiger partial charge in [-0.25, -0.2) is 0 Å². The number of likely N-dealkylation sites (N-methyl/N-ethyl adjacent to an activating group) is 1. The minimum atomic E-state index is 0.124. The smallest absolute Gasteiger partial charge is 0.219 e. The van der Waals surface area contributed by atoms with Crippen molar-refractivity contribution in [3.05, 3.63) is 94.0 Å². The van der Waals surface area contributed by atoms with Crippen molar-refractivity contribution in [3.63, 3.8) is 0 Å². The van der Waals surface area contributed by atoms with E-state index >= 15 is 0 Å². The van der Waals surface area contributed by atoms with Crippen molar-refractivity contribution in [2.45, 2.75) is 25.4 Å². The molecule has 0 saturated carbocycles. The first kappa shape index (κ1) is 26.3. The number of methoxy groups -OCH3 is 1. The van der Waals surface area contributed by atoms with Crippen LogP contribution in [0.4, 0.5) is 5.69 Å². The minimum absolute atomic E-state index is 0.124. The van der Waals surface area contributed by atoms with Gasteiger partial charge in [-0.15, -0.1) is 0 Å². The molecule has 5 rings (SSSR count). The second kappa shape index (κ2) is 12.0. The Kier molecular flexibility index (Phi) is 8.78. The number of benzene rings is 3. The second-order valence-corrected chi connectivity index (χ2v) is 9.97. The Morgan fingerprint density at radius 1 is 0.889 bits per heavy atom. The van der Waals surface area contributed by atoms with Crippen LogP contribution in [0.1, 0.15) is 24.1 Å². The first-order valence-corrected chi connectivity index (χ1v) is 13.0. The molecule has 0 radical (unpaired) electrons. The van der Waals surface area contributed by atoms with Gasteiger partial charge in [-0.3, -0.25) is 9.69 Å². The summed E-state index contributed by atoms with van der Waals surface area (Å²) in [6.07, 6.45) is 1.01. The number of ether oxygens (including phenoxy) is 1. The zero-order valence-electron chi connectivity index (χ0n) is 21.0. The van der Waals surface area contributed by atoms with Crippen LogP contribution >= 0.6 is 23.2 Å². The highest BCUT2D eigenvalue weighted by Gasteiger charge is 2.40. The third kappa shape index (κ3) is 5.80. The molecule has 1 aliphatic heterocycles. The molecule has 0 spiro atoms. The van der Waals surface area contributed by atoms with Gasteiger partial charge in [0.05, 0.1) is 28.9 Å². The van der Waals surface area contributed by atoms with E-state index in [1.54, 1.807) is 26.2 Å². The number of hydrogen-bond donors (Lipinski definition) is 0. The van der Waals surface area contributed by atoms with Gasteiger partial charge in [0, 0.05) is 46.2 Å². The van der Waals surface area contributed by atoms with E-state index in [0.717, 1.165) is 44.0 Å². The fraction of sp³-hybridized carbons (Fsp3) is 0.345. The molecule has 1 aliphatic carbocycles. The lowest BCUT2D eigenvalue weighted by Gasteiger charge is -2.43. The molecule has 3 aromatic carbocycles. The number of nitrogens with zero attached hydrogens (tertiary/aromatic N) is 3. The van der Waals surface area contributed by atoms with Gasteiger partial charge in [-0.2, -0.15) is 0 Å². The van der Waals surface area contributed by atoms with Crippen LogP contribution in [0.2, 0.25) is 10.0 Å². The number of fused-ring (bicyclic) bond motifs is 1. The number of anilines is 1. The van der Waals surface area contributed by atoms with Crippen molar-refractivity contribution in [1.29, 1.82) is 0 Å². The average Bonchev–Trinajstić information content (AvgIpc) is 3.30. The molecule has 36 heavy (non-hydrogen) atoms. The highest BCUT2D eigenvalue weighted by molar-refractivity contribution is 6.41. The molecule has 7 heteroatoms. The maximum absolute atomic E-state index is 12.2. The molecule has 190 valence electrons. The number of carbonyl (C=O) groups is 1. The van der Waals surface area contributed by atoms with Crippen molar-refractivity contribution in [2.24, 2.45) is 0 Å². The molecular weight excluding hydrogens is 493 g/mol. The number of amides is 1. The number of halogens is 2. The van der Waals surface area contributed by atoms with Gasteiger partial charge in [-0.1, -0.05) is 71.7 Å². The SMILES string of the molecule is COc1ccccc1N1CCN(C2Cc3ccccc3C2N(C)C(C)=O)CC1.Clc1ccccc1Cl. The summed E-state index contributed by atoms with van der Waals surface area (Å²) in [5.74, 6) is 1.05. The molecule has 2 atom stereocenters. The molecule has 0 bridgehead atoms. The topological polar surface area (TPSA) is 36.0 Å². The summed E-state index contributed by atoms with van der Waals surface area (Å²) in [5, 5.41) is 1.21. The van der Waals surface area contributed by atoms with E-state index in [9.17, 15) is 4.79 Å². The van der Waals surface area contributed by atoms with Crippen molar-refractivity contribution in [1.82, 2.24) is 9.80 Å². The van der Waals surface area contributed by atoms with E-state index in [2.05, 4.69) is 46.2 Å². The van der Waals surface area contributed by atoms with Crippen LogP contribution in [0, 0.1) is 0 Å². The Bertz CT molecular complexity index is 1160. The summed E-state index contributed by atoms with van der Waals surface area (Å²) in [6.45, 7) is 5.56. The summed E-state index contributed by atoms with van der Waals surface area (Å²) in [6, 6.07) is 24.5. The molecule has 0 N–H and O–H groups in total. The van der Waals surface area contributed by atoms with Gasteiger partial charge in [0.25, 0.3) is 0 Å². The summed E-state index contributed by atoms with van der Waals surface area (Å²) in [5.41, 5.74) is 3.84. The molecule has 1 amide bonds. The molecule has 1 saturated heterocycles. The van der Waals surface area contributed by atoms with Gasteiger partial charge < -0.3 is 14.5 Å². The van der Waals surface area contributed by atoms with Crippen LogP contribution in [0.25, 0.3) is 0 Å². The van der Waals surface area contributed by atoms with E-state index in [-0.39, 0.29) is 11.9 Å². The molecule has 1 heterocycles. The minimum Gasteiger partial charge on any atom is -0.495 e. The Labute approximate surface area is 224 Å². The van der Waals surface area contributed by atoms with E-state index < -0.39 is 0 Å². The predicted molar refractivity (Wildman–Crippen MR) is 148 cm³/mol. The van der Waals surface area contributed by atoms with Crippen LogP contribution in [-0.2, 0) is 11.2 Å². The predicted octanol–water partition coefficient (Wildman–Crippen LogP) is 5.95. The van der Waals surface area contributed by atoms with Crippen molar-refractivity contribution in [2.75, 3.05) is 45.2 Å². The van der Waals surface area contributed by atoms with Gasteiger partial charge in [0.1, 0.15) is 5.75 Å². The van der Waals surface area contributed by atoms with Gasteiger partial charge in [0.2, 0.25) is 5.91 Å². The molecule has 0 aromatic heterocycles. The lowest BCUT2D eigenvalue weighted by atomic mass is 10.0. The summed E-state index contributed by atoms with van der Waals surface area (Å²) in [4.78, 5) is 19.1. The summed E-state index contributed by atoms with van der Waals surface area (Å²) in [7, 11) is 3.67. The fourth-order valence-electron chi connectivity index (χ4n) is 5.17.